The van der Waals surface area contributed by atoms with Gasteiger partial charge in [-0.15, -0.1) is 0 Å². The first-order valence-corrected chi connectivity index (χ1v) is 8.09. The van der Waals surface area contributed by atoms with Crippen molar-refractivity contribution in [2.45, 2.75) is 47.0 Å². The zero-order valence-corrected chi connectivity index (χ0v) is 14.4. The van der Waals surface area contributed by atoms with E-state index < -0.39 is 0 Å². The highest BCUT2D eigenvalue weighted by Crippen LogP contribution is 2.20. The Morgan fingerprint density at radius 2 is 1.62 bits per heavy atom. The van der Waals surface area contributed by atoms with Gasteiger partial charge in [0, 0.05) is 26.6 Å². The molecule has 0 bridgehead atoms. The molecule has 0 aliphatic rings. The van der Waals surface area contributed by atoms with Gasteiger partial charge in [-0.1, -0.05) is 13.8 Å². The summed E-state index contributed by atoms with van der Waals surface area (Å²) in [7, 11) is 1.71. The summed E-state index contributed by atoms with van der Waals surface area (Å²) in [6.07, 6.45) is 2.29. The zero-order valence-electron chi connectivity index (χ0n) is 14.4. The fourth-order valence-electron chi connectivity index (χ4n) is 2.49. The molecule has 5 nitrogen and oxygen atoms in total. The van der Waals surface area contributed by atoms with E-state index in [-0.39, 0.29) is 18.4 Å². The summed E-state index contributed by atoms with van der Waals surface area (Å²) in [5, 5.41) is 0. The molecule has 0 aliphatic heterocycles. The molecule has 5 heteroatoms. The molecule has 1 unspecified atom stereocenters. The number of rotatable bonds is 10. The smallest absolute Gasteiger partial charge is 0.242 e. The van der Waals surface area contributed by atoms with Crippen LogP contribution in [0, 0.1) is 11.8 Å². The van der Waals surface area contributed by atoms with Crippen molar-refractivity contribution in [3.8, 4) is 0 Å². The molecule has 2 N–H and O–H groups in total. The first kappa shape index (κ1) is 19.9. The van der Waals surface area contributed by atoms with Gasteiger partial charge < -0.3 is 15.5 Å². The van der Waals surface area contributed by atoms with Crippen LogP contribution in [0.2, 0.25) is 0 Å². The largest absolute Gasteiger partial charge is 0.342 e. The van der Waals surface area contributed by atoms with Crippen LogP contribution in [0.25, 0.3) is 0 Å². The third-order valence-electron chi connectivity index (χ3n) is 4.12. The van der Waals surface area contributed by atoms with Crippen LogP contribution in [0.4, 0.5) is 0 Å². The van der Waals surface area contributed by atoms with Crippen molar-refractivity contribution in [3.05, 3.63) is 0 Å². The number of nitrogens with zero attached hydrogens (tertiary/aromatic N) is 2. The van der Waals surface area contributed by atoms with Crippen LogP contribution in [0.15, 0.2) is 0 Å². The minimum absolute atomic E-state index is 0.0122. The van der Waals surface area contributed by atoms with E-state index >= 15 is 0 Å². The molecule has 124 valence electrons. The summed E-state index contributed by atoms with van der Waals surface area (Å²) in [5.41, 5.74) is 5.62. The summed E-state index contributed by atoms with van der Waals surface area (Å²) in [6.45, 7) is 10.4. The van der Waals surface area contributed by atoms with Crippen LogP contribution in [0.5, 0.6) is 0 Å². The Labute approximate surface area is 129 Å². The maximum Gasteiger partial charge on any atom is 0.242 e. The van der Waals surface area contributed by atoms with E-state index in [2.05, 4.69) is 13.8 Å². The van der Waals surface area contributed by atoms with Crippen molar-refractivity contribution in [1.29, 1.82) is 0 Å². The molecule has 0 rings (SSSR count). The molecular weight excluding hydrogens is 266 g/mol. The Morgan fingerprint density at radius 1 is 1.05 bits per heavy atom. The molecule has 0 radical (unpaired) electrons. The lowest BCUT2D eigenvalue weighted by molar-refractivity contribution is -0.139. The van der Waals surface area contributed by atoms with Crippen molar-refractivity contribution in [3.63, 3.8) is 0 Å². The molecule has 2 amide bonds. The van der Waals surface area contributed by atoms with Crippen LogP contribution in [-0.2, 0) is 9.59 Å². The molecule has 0 fully saturated rings. The van der Waals surface area contributed by atoms with Crippen molar-refractivity contribution in [2.75, 3.05) is 33.2 Å². The standard InChI is InChI=1S/C16H33N3O2/c1-6-19(7-2)16(21)12-18(5)15(20)9-8-14(10-11-17)13(3)4/h13-14H,6-12,17H2,1-5H3. The van der Waals surface area contributed by atoms with Gasteiger partial charge in [-0.05, 0) is 45.1 Å². The number of hydrogen-bond donors (Lipinski definition) is 1. The number of carbonyl (C=O) groups is 2. The molecular formula is C16H33N3O2. The van der Waals surface area contributed by atoms with Crippen LogP contribution >= 0.6 is 0 Å². The second kappa shape index (κ2) is 10.6. The van der Waals surface area contributed by atoms with Gasteiger partial charge >= 0.3 is 0 Å². The van der Waals surface area contributed by atoms with Crippen LogP contribution in [-0.4, -0.2) is 54.8 Å². The highest BCUT2D eigenvalue weighted by atomic mass is 16.2. The topological polar surface area (TPSA) is 66.6 Å². The van der Waals surface area contributed by atoms with E-state index in [9.17, 15) is 9.59 Å². The van der Waals surface area contributed by atoms with Gasteiger partial charge in [-0.2, -0.15) is 0 Å². The van der Waals surface area contributed by atoms with Gasteiger partial charge in [0.2, 0.25) is 11.8 Å². The third kappa shape index (κ3) is 7.46. The lowest BCUT2D eigenvalue weighted by Crippen LogP contribution is -2.41. The lowest BCUT2D eigenvalue weighted by atomic mass is 9.88. The van der Waals surface area contributed by atoms with Gasteiger partial charge in [0.15, 0.2) is 0 Å². The fourth-order valence-corrected chi connectivity index (χ4v) is 2.49. The first-order chi connectivity index (χ1) is 9.87. The Morgan fingerprint density at radius 3 is 2.05 bits per heavy atom. The Kier molecular flexibility index (Phi) is 10.0. The van der Waals surface area contributed by atoms with Crippen molar-refractivity contribution < 1.29 is 9.59 Å². The first-order valence-electron chi connectivity index (χ1n) is 8.09. The Hall–Kier alpha value is -1.10. The van der Waals surface area contributed by atoms with Crippen LogP contribution in [0.3, 0.4) is 0 Å². The number of carbonyl (C=O) groups excluding carboxylic acids is 2. The van der Waals surface area contributed by atoms with Gasteiger partial charge in [0.25, 0.3) is 0 Å². The number of hydrogen-bond acceptors (Lipinski definition) is 3. The van der Waals surface area contributed by atoms with Gasteiger partial charge in [-0.3, -0.25) is 9.59 Å². The summed E-state index contributed by atoms with van der Waals surface area (Å²) in [5.74, 6) is 1.06. The van der Waals surface area contributed by atoms with E-state index in [0.29, 0.717) is 37.9 Å². The average molecular weight is 299 g/mol. The minimum Gasteiger partial charge on any atom is -0.342 e. The van der Waals surface area contributed by atoms with Crippen LogP contribution in [0.1, 0.15) is 47.0 Å². The van der Waals surface area contributed by atoms with Crippen molar-refractivity contribution in [1.82, 2.24) is 9.80 Å². The predicted molar refractivity (Wildman–Crippen MR) is 86.8 cm³/mol. The third-order valence-corrected chi connectivity index (χ3v) is 4.12. The zero-order chi connectivity index (χ0) is 16.4. The molecule has 0 saturated carbocycles. The summed E-state index contributed by atoms with van der Waals surface area (Å²) < 4.78 is 0. The highest BCUT2D eigenvalue weighted by Gasteiger charge is 2.19. The molecule has 0 heterocycles. The normalized spacial score (nSPS) is 12.3. The summed E-state index contributed by atoms with van der Waals surface area (Å²) in [4.78, 5) is 27.4. The second-order valence-corrected chi connectivity index (χ2v) is 5.94. The van der Waals surface area contributed by atoms with E-state index in [4.69, 9.17) is 5.73 Å². The van der Waals surface area contributed by atoms with E-state index in [1.54, 1.807) is 16.8 Å². The highest BCUT2D eigenvalue weighted by molar-refractivity contribution is 5.84. The monoisotopic (exact) mass is 299 g/mol. The predicted octanol–water partition coefficient (Wildman–Crippen LogP) is 1.71. The number of likely N-dealkylation sites (N-methyl/N-ethyl adjacent to an activating group) is 2. The Balaban J connectivity index is 4.29. The molecule has 21 heavy (non-hydrogen) atoms. The Bertz CT molecular complexity index is 315. The summed E-state index contributed by atoms with van der Waals surface area (Å²) in [6, 6.07) is 0. The molecule has 0 aromatic heterocycles. The van der Waals surface area contributed by atoms with Crippen molar-refractivity contribution in [2.24, 2.45) is 17.6 Å². The molecule has 0 saturated heterocycles. The number of nitrogens with two attached hydrogens (primary N) is 1. The maximum atomic E-state index is 12.1. The van der Waals surface area contributed by atoms with Crippen LogP contribution < -0.4 is 5.73 Å². The molecule has 1 atom stereocenters. The fraction of sp³-hybridized carbons (Fsp3) is 0.875. The summed E-state index contributed by atoms with van der Waals surface area (Å²) >= 11 is 0. The quantitative estimate of drug-likeness (QED) is 0.668. The minimum atomic E-state index is 0.0122. The molecule has 0 aromatic carbocycles. The molecule has 0 aliphatic carbocycles. The lowest BCUT2D eigenvalue weighted by Gasteiger charge is -2.24. The molecule has 0 aromatic rings. The van der Waals surface area contributed by atoms with Gasteiger partial charge in [-0.25, -0.2) is 0 Å². The van der Waals surface area contributed by atoms with E-state index in [1.165, 1.54) is 0 Å². The van der Waals surface area contributed by atoms with Gasteiger partial charge in [0.1, 0.15) is 0 Å². The number of amides is 2. The average Bonchev–Trinajstić information content (AvgIpc) is 2.43. The second-order valence-electron chi connectivity index (χ2n) is 5.94. The van der Waals surface area contributed by atoms with E-state index in [1.807, 2.05) is 13.8 Å². The maximum absolute atomic E-state index is 12.1. The van der Waals surface area contributed by atoms with Gasteiger partial charge in [0.05, 0.1) is 6.54 Å². The molecule has 0 spiro atoms. The van der Waals surface area contributed by atoms with Crippen molar-refractivity contribution >= 4 is 11.8 Å². The SMILES string of the molecule is CCN(CC)C(=O)CN(C)C(=O)CCC(CCN)C(C)C. The van der Waals surface area contributed by atoms with E-state index in [0.717, 1.165) is 12.8 Å².